The largest absolute Gasteiger partial charge is 0.339 e. The molecule has 7 heteroatoms. The molecule has 0 aromatic heterocycles. The Morgan fingerprint density at radius 2 is 1.84 bits per heavy atom. The van der Waals surface area contributed by atoms with Gasteiger partial charge in [0, 0.05) is 31.6 Å². The molecule has 1 aromatic rings. The lowest BCUT2D eigenvalue weighted by molar-refractivity contribution is -0.124. The zero-order valence-electron chi connectivity index (χ0n) is 19.1. The van der Waals surface area contributed by atoms with Crippen molar-refractivity contribution in [2.75, 3.05) is 13.1 Å². The fourth-order valence-corrected chi connectivity index (χ4v) is 5.46. The van der Waals surface area contributed by atoms with E-state index >= 15 is 0 Å². The maximum absolute atomic E-state index is 12.6. The molecule has 3 unspecified atom stereocenters. The van der Waals surface area contributed by atoms with Gasteiger partial charge in [-0.25, -0.2) is 4.79 Å². The van der Waals surface area contributed by atoms with E-state index in [-0.39, 0.29) is 24.0 Å². The molecule has 2 bridgehead atoms. The van der Waals surface area contributed by atoms with Crippen LogP contribution in [0.3, 0.4) is 0 Å². The lowest BCUT2D eigenvalue weighted by atomic mass is 9.88. The second-order valence-electron chi connectivity index (χ2n) is 9.92. The summed E-state index contributed by atoms with van der Waals surface area (Å²) in [6.07, 6.45) is 5.77. The second kappa shape index (κ2) is 9.91. The van der Waals surface area contributed by atoms with Crippen molar-refractivity contribution in [2.24, 2.45) is 5.92 Å². The zero-order valence-corrected chi connectivity index (χ0v) is 19.1. The summed E-state index contributed by atoms with van der Waals surface area (Å²) < 4.78 is 0. The van der Waals surface area contributed by atoms with Gasteiger partial charge in [0.2, 0.25) is 5.91 Å². The molecular formula is C25H35N5O2. The molecule has 1 saturated carbocycles. The third kappa shape index (κ3) is 5.24. The number of nitriles is 1. The lowest BCUT2D eigenvalue weighted by Gasteiger charge is -2.32. The normalized spacial score (nSPS) is 26.1. The molecule has 32 heavy (non-hydrogen) atoms. The van der Waals surface area contributed by atoms with E-state index in [9.17, 15) is 14.9 Å². The third-order valence-corrected chi connectivity index (χ3v) is 7.20. The van der Waals surface area contributed by atoms with Gasteiger partial charge in [-0.05, 0) is 68.9 Å². The van der Waals surface area contributed by atoms with E-state index in [1.54, 1.807) is 0 Å². The number of piperidine rings is 2. The smallest absolute Gasteiger partial charge is 0.317 e. The highest BCUT2D eigenvalue weighted by Crippen LogP contribution is 2.35. The number of hydrogen-bond acceptors (Lipinski definition) is 4. The van der Waals surface area contributed by atoms with Crippen molar-refractivity contribution in [1.29, 1.82) is 5.26 Å². The van der Waals surface area contributed by atoms with Gasteiger partial charge in [-0.1, -0.05) is 24.3 Å². The predicted octanol–water partition coefficient (Wildman–Crippen LogP) is 2.68. The Kier molecular flexibility index (Phi) is 7.00. The van der Waals surface area contributed by atoms with Crippen LogP contribution in [0.2, 0.25) is 0 Å². The summed E-state index contributed by atoms with van der Waals surface area (Å²) in [5.41, 5.74) is 2.33. The first-order chi connectivity index (χ1) is 15.4. The van der Waals surface area contributed by atoms with Crippen LogP contribution >= 0.6 is 0 Å². The van der Waals surface area contributed by atoms with Gasteiger partial charge < -0.3 is 20.9 Å². The summed E-state index contributed by atoms with van der Waals surface area (Å²) in [5, 5.41) is 18.9. The van der Waals surface area contributed by atoms with Crippen LogP contribution in [-0.4, -0.2) is 54.1 Å². The van der Waals surface area contributed by atoms with Crippen molar-refractivity contribution in [3.63, 3.8) is 0 Å². The van der Waals surface area contributed by atoms with Crippen LogP contribution in [0.15, 0.2) is 24.3 Å². The molecule has 2 saturated heterocycles. The predicted molar refractivity (Wildman–Crippen MR) is 123 cm³/mol. The Bertz CT molecular complexity index is 854. The first-order valence-electron chi connectivity index (χ1n) is 12.0. The fraction of sp³-hybridized carbons (Fsp3) is 0.640. The Morgan fingerprint density at radius 1 is 1.12 bits per heavy atom. The molecule has 2 heterocycles. The zero-order chi connectivity index (χ0) is 22.7. The van der Waals surface area contributed by atoms with Crippen molar-refractivity contribution in [3.8, 4) is 6.07 Å². The summed E-state index contributed by atoms with van der Waals surface area (Å²) in [4.78, 5) is 26.7. The number of amides is 3. The van der Waals surface area contributed by atoms with Crippen molar-refractivity contribution in [3.05, 3.63) is 35.4 Å². The maximum atomic E-state index is 12.6. The Balaban J connectivity index is 1.26. The van der Waals surface area contributed by atoms with Gasteiger partial charge >= 0.3 is 6.03 Å². The van der Waals surface area contributed by atoms with E-state index < -0.39 is 6.04 Å². The van der Waals surface area contributed by atoms with Crippen LogP contribution in [0, 0.1) is 17.2 Å². The quantitative estimate of drug-likeness (QED) is 0.637. The summed E-state index contributed by atoms with van der Waals surface area (Å²) in [5.74, 6) is 0.831. The van der Waals surface area contributed by atoms with Gasteiger partial charge in [0.1, 0.15) is 6.04 Å². The first kappa shape index (κ1) is 22.6. The van der Waals surface area contributed by atoms with Gasteiger partial charge in [-0.3, -0.25) is 4.79 Å². The number of urea groups is 1. The molecule has 0 spiro atoms. The van der Waals surface area contributed by atoms with Crippen molar-refractivity contribution in [2.45, 2.75) is 82.5 Å². The summed E-state index contributed by atoms with van der Waals surface area (Å²) in [7, 11) is 0. The summed E-state index contributed by atoms with van der Waals surface area (Å²) in [6.45, 7) is 5.49. The first-order valence-corrected chi connectivity index (χ1v) is 12.0. The topological polar surface area (TPSA) is 97.3 Å². The minimum absolute atomic E-state index is 0.0269. The van der Waals surface area contributed by atoms with Crippen molar-refractivity contribution in [1.82, 2.24) is 20.9 Å². The van der Waals surface area contributed by atoms with Gasteiger partial charge in [0.25, 0.3) is 0 Å². The van der Waals surface area contributed by atoms with Crippen LogP contribution in [0.1, 0.15) is 63.0 Å². The molecule has 3 N–H and O–H groups in total. The molecular weight excluding hydrogens is 402 g/mol. The number of benzene rings is 1. The number of nitrogens with one attached hydrogen (secondary N) is 3. The van der Waals surface area contributed by atoms with E-state index in [0.717, 1.165) is 50.8 Å². The van der Waals surface area contributed by atoms with E-state index in [4.69, 9.17) is 0 Å². The SMILES string of the molecule is CC(C)NC(=O)N1CCC(c2ccc(C[C@@H](C#N)NC(=O)C3NC4CCC3C4)cc2)CC1. The van der Waals surface area contributed by atoms with Gasteiger partial charge in [-0.15, -0.1) is 0 Å². The highest BCUT2D eigenvalue weighted by atomic mass is 16.2. The average molecular weight is 438 g/mol. The van der Waals surface area contributed by atoms with Crippen molar-refractivity contribution >= 4 is 11.9 Å². The van der Waals surface area contributed by atoms with Crippen LogP contribution in [0.5, 0.6) is 0 Å². The minimum Gasteiger partial charge on any atom is -0.339 e. The highest BCUT2D eigenvalue weighted by molar-refractivity contribution is 5.83. The number of hydrogen-bond donors (Lipinski definition) is 3. The Labute approximate surface area is 190 Å². The fourth-order valence-electron chi connectivity index (χ4n) is 5.46. The molecule has 2 aliphatic heterocycles. The molecule has 1 aliphatic carbocycles. The second-order valence-corrected chi connectivity index (χ2v) is 9.92. The Hall–Kier alpha value is -2.59. The third-order valence-electron chi connectivity index (χ3n) is 7.20. The van der Waals surface area contributed by atoms with Crippen LogP contribution in [-0.2, 0) is 11.2 Å². The van der Waals surface area contributed by atoms with Crippen LogP contribution in [0.25, 0.3) is 0 Å². The van der Waals surface area contributed by atoms with Crippen LogP contribution in [0.4, 0.5) is 4.79 Å². The molecule has 3 amide bonds. The minimum atomic E-state index is -0.517. The Morgan fingerprint density at radius 3 is 2.41 bits per heavy atom. The molecule has 1 aromatic carbocycles. The highest BCUT2D eigenvalue weighted by Gasteiger charge is 2.43. The van der Waals surface area contributed by atoms with E-state index in [1.165, 1.54) is 5.56 Å². The lowest BCUT2D eigenvalue weighted by Crippen LogP contribution is -2.50. The van der Waals surface area contributed by atoms with Gasteiger partial charge in [0.05, 0.1) is 12.1 Å². The molecule has 0 radical (unpaired) electrons. The number of nitrogens with zero attached hydrogens (tertiary/aromatic N) is 2. The summed E-state index contributed by atoms with van der Waals surface area (Å²) in [6, 6.07) is 10.7. The van der Waals surface area contributed by atoms with Crippen LogP contribution < -0.4 is 16.0 Å². The standard InChI is InChI=1S/C25H35N5O2/c1-16(2)27-25(32)30-11-9-19(10-12-30)18-5-3-17(4-6-18)13-22(15-26)29-24(31)23-20-7-8-21(14-20)28-23/h3-6,16,19-23,28H,7-14H2,1-2H3,(H,27,32)(H,29,31)/t20?,21?,22-,23?/m0/s1. The molecule has 172 valence electrons. The number of fused-ring (bicyclic) bond motifs is 2. The average Bonchev–Trinajstić information content (AvgIpc) is 3.43. The molecule has 3 fully saturated rings. The molecule has 7 nitrogen and oxygen atoms in total. The summed E-state index contributed by atoms with van der Waals surface area (Å²) >= 11 is 0. The number of carbonyl (C=O) groups is 2. The van der Waals surface area contributed by atoms with Gasteiger partial charge in [0.15, 0.2) is 0 Å². The number of rotatable bonds is 6. The molecule has 4 rings (SSSR count). The van der Waals surface area contributed by atoms with E-state index in [2.05, 4.69) is 46.3 Å². The number of carbonyl (C=O) groups excluding carboxylic acids is 2. The number of likely N-dealkylation sites (tertiary alicyclic amines) is 1. The molecule has 4 atom stereocenters. The van der Waals surface area contributed by atoms with E-state index in [0.29, 0.717) is 24.3 Å². The van der Waals surface area contributed by atoms with Gasteiger partial charge in [-0.2, -0.15) is 5.26 Å². The van der Waals surface area contributed by atoms with Crippen molar-refractivity contribution < 1.29 is 9.59 Å². The monoisotopic (exact) mass is 437 g/mol. The molecule has 3 aliphatic rings. The maximum Gasteiger partial charge on any atom is 0.317 e. The van der Waals surface area contributed by atoms with E-state index in [1.807, 2.05) is 18.7 Å².